The maximum atomic E-state index is 14.0. The number of nitrogens with one attached hydrogen (secondary N) is 1. The molecule has 0 atom stereocenters. The van der Waals surface area contributed by atoms with Crippen LogP contribution in [0.25, 0.3) is 16.3 Å². The Bertz CT molecular complexity index is 1170. The molecule has 0 spiro atoms. The van der Waals surface area contributed by atoms with Crippen LogP contribution >= 0.6 is 11.3 Å². The minimum atomic E-state index is -0.352. The Balaban J connectivity index is 1.39. The van der Waals surface area contributed by atoms with Crippen molar-refractivity contribution in [1.29, 1.82) is 0 Å². The molecule has 8 heteroatoms. The number of ether oxygens (including phenoxy) is 1. The van der Waals surface area contributed by atoms with Gasteiger partial charge in [-0.15, -0.1) is 16.4 Å². The highest BCUT2D eigenvalue weighted by Crippen LogP contribution is 2.23. The Morgan fingerprint density at radius 2 is 1.97 bits per heavy atom. The number of carbonyl (C=O) groups excluding carboxylic acids is 1. The summed E-state index contributed by atoms with van der Waals surface area (Å²) in [6, 6.07) is 13.5. The second kappa shape index (κ2) is 8.62. The molecule has 6 nitrogen and oxygen atoms in total. The van der Waals surface area contributed by atoms with Crippen LogP contribution in [0.3, 0.4) is 0 Å². The average Bonchev–Trinajstić information content (AvgIpc) is 3.30. The summed E-state index contributed by atoms with van der Waals surface area (Å²) < 4.78 is 21.3. The van der Waals surface area contributed by atoms with Gasteiger partial charge in [-0.25, -0.2) is 8.91 Å². The second-order valence-electron chi connectivity index (χ2n) is 7.03. The van der Waals surface area contributed by atoms with Gasteiger partial charge in [0.15, 0.2) is 5.82 Å². The molecule has 30 heavy (non-hydrogen) atoms. The molecule has 0 aliphatic rings. The number of carbonyl (C=O) groups is 1. The fourth-order valence-corrected chi connectivity index (χ4v) is 3.87. The van der Waals surface area contributed by atoms with E-state index in [1.807, 2.05) is 19.2 Å². The van der Waals surface area contributed by atoms with Crippen molar-refractivity contribution in [3.05, 3.63) is 71.0 Å². The molecule has 0 fully saturated rings. The molecule has 154 valence electrons. The molecule has 0 saturated heterocycles. The first-order chi connectivity index (χ1) is 14.5. The summed E-state index contributed by atoms with van der Waals surface area (Å²) >= 11 is 1.44. The summed E-state index contributed by atoms with van der Waals surface area (Å²) in [7, 11) is 0. The number of benzene rings is 2. The topological polar surface area (TPSA) is 68.5 Å². The van der Waals surface area contributed by atoms with E-state index in [4.69, 9.17) is 4.74 Å². The number of rotatable bonds is 7. The minimum Gasteiger partial charge on any atom is -0.491 e. The number of thiazole rings is 1. The fraction of sp³-hybridized carbons (Fsp3) is 0.227. The van der Waals surface area contributed by atoms with Crippen molar-refractivity contribution in [3.8, 4) is 17.1 Å². The summed E-state index contributed by atoms with van der Waals surface area (Å²) in [5.74, 6) is 0.589. The van der Waals surface area contributed by atoms with E-state index in [2.05, 4.69) is 15.4 Å². The van der Waals surface area contributed by atoms with Gasteiger partial charge >= 0.3 is 0 Å². The summed E-state index contributed by atoms with van der Waals surface area (Å²) in [6.45, 7) is 4.36. The molecular weight excluding hydrogens is 403 g/mol. The Labute approximate surface area is 177 Å². The van der Waals surface area contributed by atoms with E-state index in [1.54, 1.807) is 47.0 Å². The van der Waals surface area contributed by atoms with Gasteiger partial charge in [0.25, 0.3) is 5.91 Å². The predicted molar refractivity (Wildman–Crippen MR) is 115 cm³/mol. The molecule has 4 rings (SSSR count). The summed E-state index contributed by atoms with van der Waals surface area (Å²) in [6.07, 6.45) is 0.670. The molecule has 0 bridgehead atoms. The normalized spacial score (nSPS) is 11.2. The molecule has 0 aliphatic carbocycles. The van der Waals surface area contributed by atoms with Crippen molar-refractivity contribution >= 4 is 22.2 Å². The van der Waals surface area contributed by atoms with E-state index in [0.29, 0.717) is 34.9 Å². The van der Waals surface area contributed by atoms with Crippen molar-refractivity contribution in [2.24, 2.45) is 0 Å². The maximum Gasteiger partial charge on any atom is 0.251 e. The molecule has 0 aliphatic heterocycles. The Morgan fingerprint density at radius 3 is 2.70 bits per heavy atom. The monoisotopic (exact) mass is 424 g/mol. The van der Waals surface area contributed by atoms with Gasteiger partial charge in [-0.2, -0.15) is 4.98 Å². The van der Waals surface area contributed by atoms with Crippen molar-refractivity contribution in [2.45, 2.75) is 26.4 Å². The molecule has 1 N–H and O–H groups in total. The molecular formula is C22H21FN4O2S. The highest BCUT2D eigenvalue weighted by molar-refractivity contribution is 7.15. The van der Waals surface area contributed by atoms with E-state index in [1.165, 1.54) is 17.4 Å². The Hall–Kier alpha value is -3.26. The molecule has 4 aromatic rings. The molecule has 2 heterocycles. The first-order valence-electron chi connectivity index (χ1n) is 9.64. The fourth-order valence-electron chi connectivity index (χ4n) is 3.02. The van der Waals surface area contributed by atoms with Crippen molar-refractivity contribution < 1.29 is 13.9 Å². The lowest BCUT2D eigenvalue weighted by molar-refractivity contribution is 0.0954. The number of hydrogen-bond acceptors (Lipinski definition) is 5. The van der Waals surface area contributed by atoms with Crippen LogP contribution in [0.5, 0.6) is 5.75 Å². The molecule has 0 saturated carbocycles. The summed E-state index contributed by atoms with van der Waals surface area (Å²) in [4.78, 5) is 17.5. The Kier molecular flexibility index (Phi) is 5.76. The molecule has 2 aromatic heterocycles. The van der Waals surface area contributed by atoms with E-state index in [0.717, 1.165) is 11.4 Å². The molecule has 0 unspecified atom stereocenters. The third kappa shape index (κ3) is 4.33. The number of fused-ring (bicyclic) bond motifs is 1. The molecule has 1 amide bonds. The number of halogens is 1. The molecule has 0 radical (unpaired) electrons. The summed E-state index contributed by atoms with van der Waals surface area (Å²) in [5, 5.41) is 9.30. The van der Waals surface area contributed by atoms with E-state index >= 15 is 0 Å². The number of aromatic nitrogens is 3. The zero-order chi connectivity index (χ0) is 21.1. The predicted octanol–water partition coefficient (Wildman–Crippen LogP) is 4.36. The highest BCUT2D eigenvalue weighted by atomic mass is 32.1. The van der Waals surface area contributed by atoms with Gasteiger partial charge in [-0.3, -0.25) is 4.79 Å². The van der Waals surface area contributed by atoms with Gasteiger partial charge < -0.3 is 10.1 Å². The van der Waals surface area contributed by atoms with Crippen LogP contribution in [0.4, 0.5) is 4.39 Å². The van der Waals surface area contributed by atoms with Gasteiger partial charge in [0.2, 0.25) is 4.96 Å². The molecule has 2 aromatic carbocycles. The van der Waals surface area contributed by atoms with Crippen molar-refractivity contribution in [2.75, 3.05) is 6.54 Å². The first-order valence-corrected chi connectivity index (χ1v) is 10.5. The third-order valence-corrected chi connectivity index (χ3v) is 5.28. The van der Waals surface area contributed by atoms with Crippen LogP contribution in [0.15, 0.2) is 53.9 Å². The lowest BCUT2D eigenvalue weighted by Crippen LogP contribution is -2.26. The van der Waals surface area contributed by atoms with Crippen LogP contribution in [-0.2, 0) is 6.42 Å². The van der Waals surface area contributed by atoms with Gasteiger partial charge in [0.1, 0.15) is 11.6 Å². The lowest BCUT2D eigenvalue weighted by atomic mass is 10.2. The van der Waals surface area contributed by atoms with Gasteiger partial charge in [0.05, 0.1) is 17.4 Å². The first kappa shape index (κ1) is 20.0. The van der Waals surface area contributed by atoms with E-state index in [9.17, 15) is 9.18 Å². The van der Waals surface area contributed by atoms with E-state index in [-0.39, 0.29) is 17.8 Å². The van der Waals surface area contributed by atoms with Crippen molar-refractivity contribution in [1.82, 2.24) is 19.9 Å². The number of nitrogens with zero attached hydrogens (tertiary/aromatic N) is 3. The van der Waals surface area contributed by atoms with Gasteiger partial charge in [0, 0.05) is 23.9 Å². The van der Waals surface area contributed by atoms with Gasteiger partial charge in [-0.1, -0.05) is 12.1 Å². The average molecular weight is 425 g/mol. The second-order valence-corrected chi connectivity index (χ2v) is 7.87. The largest absolute Gasteiger partial charge is 0.491 e. The Morgan fingerprint density at radius 1 is 1.20 bits per heavy atom. The third-order valence-electron chi connectivity index (χ3n) is 4.42. The number of hydrogen-bond donors (Lipinski definition) is 1. The standard InChI is InChI=1S/C22H21FN4O2S/c1-14(2)29-17-9-7-15(8-10-17)21(28)24-12-11-16-13-30-22-25-20(26-27(16)22)18-5-3-4-6-19(18)23/h3-10,13-14H,11-12H2,1-2H3,(H,24,28). The zero-order valence-electron chi connectivity index (χ0n) is 16.6. The lowest BCUT2D eigenvalue weighted by Gasteiger charge is -2.10. The SMILES string of the molecule is CC(C)Oc1ccc(C(=O)NCCc2csc3nc(-c4ccccc4F)nn23)cc1. The van der Waals surface area contributed by atoms with Gasteiger partial charge in [-0.05, 0) is 50.2 Å². The van der Waals surface area contributed by atoms with Crippen LogP contribution in [0.2, 0.25) is 0 Å². The van der Waals surface area contributed by atoms with Crippen LogP contribution in [-0.4, -0.2) is 33.2 Å². The quantitative estimate of drug-likeness (QED) is 0.479. The highest BCUT2D eigenvalue weighted by Gasteiger charge is 2.14. The smallest absolute Gasteiger partial charge is 0.251 e. The van der Waals surface area contributed by atoms with Crippen LogP contribution in [0.1, 0.15) is 29.9 Å². The minimum absolute atomic E-state index is 0.0859. The zero-order valence-corrected chi connectivity index (χ0v) is 17.4. The maximum absolute atomic E-state index is 14.0. The van der Waals surface area contributed by atoms with E-state index < -0.39 is 0 Å². The number of amides is 1. The van der Waals surface area contributed by atoms with Crippen LogP contribution < -0.4 is 10.1 Å². The van der Waals surface area contributed by atoms with Crippen LogP contribution in [0, 0.1) is 5.82 Å². The summed E-state index contributed by atoms with van der Waals surface area (Å²) in [5.41, 5.74) is 1.85. The van der Waals surface area contributed by atoms with Crippen molar-refractivity contribution in [3.63, 3.8) is 0 Å².